The van der Waals surface area contributed by atoms with Crippen molar-refractivity contribution in [3.05, 3.63) is 100 Å². The maximum atomic E-state index is 15.0. The summed E-state index contributed by atoms with van der Waals surface area (Å²) in [5.41, 5.74) is 3.32. The molecule has 2 aliphatic heterocycles. The van der Waals surface area contributed by atoms with Gasteiger partial charge in [-0.15, -0.1) is 0 Å². The van der Waals surface area contributed by atoms with Gasteiger partial charge in [0, 0.05) is 10.9 Å². The van der Waals surface area contributed by atoms with E-state index in [0.29, 0.717) is 27.4 Å². The Kier molecular flexibility index (Phi) is 7.13. The Hall–Kier alpha value is -4.74. The number of nitrogens with one attached hydrogen (secondary N) is 1. The lowest BCUT2D eigenvalue weighted by Gasteiger charge is -2.50. The Balaban J connectivity index is 1.48. The third-order valence-electron chi connectivity index (χ3n) is 9.85. The van der Waals surface area contributed by atoms with Gasteiger partial charge >= 0.3 is 0 Å². The number of hydrogen-bond donors (Lipinski definition) is 3. The van der Waals surface area contributed by atoms with Crippen molar-refractivity contribution in [1.82, 2.24) is 10.1 Å². The van der Waals surface area contributed by atoms with Crippen LogP contribution in [-0.2, 0) is 24.6 Å². The van der Waals surface area contributed by atoms with Crippen LogP contribution >= 0.6 is 11.6 Å². The van der Waals surface area contributed by atoms with Gasteiger partial charge in [-0.1, -0.05) is 41.4 Å². The minimum atomic E-state index is -1.57. The van der Waals surface area contributed by atoms with Crippen molar-refractivity contribution in [1.29, 1.82) is 0 Å². The molecule has 236 valence electrons. The molecule has 3 fully saturated rings. The highest BCUT2D eigenvalue weighted by atomic mass is 35.5. The lowest BCUT2D eigenvalue weighted by molar-refractivity contribution is -0.173. The molecule has 46 heavy (non-hydrogen) atoms. The first-order chi connectivity index (χ1) is 22.1. The molecule has 3 N–H and O–H groups in total. The van der Waals surface area contributed by atoms with Crippen molar-refractivity contribution in [3.8, 4) is 11.5 Å². The molecule has 12 heteroatoms. The zero-order valence-electron chi connectivity index (χ0n) is 24.5. The molecule has 1 saturated carbocycles. The predicted octanol–water partition coefficient (Wildman–Crippen LogP) is 4.96. The molecule has 0 bridgehead atoms. The SMILES string of the molecule is CCOc1cc([C@H]2C3=CC[C@@H]4C(=O)N(O)C(=O)[C@@H]4[C@@H]3C[C@H]3C(=O)N(Nc4ccc(F)cc4)C(=O)[C@@]23c2ccc(Cl)cc2)ccc1O. The van der Waals surface area contributed by atoms with Gasteiger partial charge < -0.3 is 9.84 Å². The number of allylic oxidation sites excluding steroid dienone is 2. The molecule has 4 aliphatic rings. The quantitative estimate of drug-likeness (QED) is 0.195. The lowest BCUT2D eigenvalue weighted by atomic mass is 9.49. The molecular formula is C34H29ClFN3O7. The number of hydrazine groups is 1. The number of hydroxylamine groups is 2. The van der Waals surface area contributed by atoms with Crippen LogP contribution in [0.25, 0.3) is 0 Å². The number of anilines is 1. The van der Waals surface area contributed by atoms with Gasteiger partial charge in [0.1, 0.15) is 5.82 Å². The van der Waals surface area contributed by atoms with Crippen LogP contribution in [0.2, 0.25) is 5.02 Å². The van der Waals surface area contributed by atoms with E-state index in [9.17, 15) is 29.1 Å². The summed E-state index contributed by atoms with van der Waals surface area (Å²) in [6.07, 6.45) is 2.02. The van der Waals surface area contributed by atoms with Gasteiger partial charge in [0.25, 0.3) is 23.6 Å². The summed E-state index contributed by atoms with van der Waals surface area (Å²) in [5, 5.41) is 22.5. The summed E-state index contributed by atoms with van der Waals surface area (Å²) in [6, 6.07) is 16.6. The number of carbonyl (C=O) groups excluding carboxylic acids is 4. The van der Waals surface area contributed by atoms with Crippen molar-refractivity contribution in [2.24, 2.45) is 23.7 Å². The van der Waals surface area contributed by atoms with Crippen molar-refractivity contribution in [3.63, 3.8) is 0 Å². The summed E-state index contributed by atoms with van der Waals surface area (Å²) >= 11 is 6.29. The largest absolute Gasteiger partial charge is 0.504 e. The number of halogens is 2. The highest BCUT2D eigenvalue weighted by Gasteiger charge is 2.70. The average Bonchev–Trinajstić information content (AvgIpc) is 3.40. The van der Waals surface area contributed by atoms with Crippen LogP contribution in [0.4, 0.5) is 10.1 Å². The molecule has 2 saturated heterocycles. The molecule has 0 radical (unpaired) electrons. The van der Waals surface area contributed by atoms with Gasteiger partial charge in [0.15, 0.2) is 11.5 Å². The van der Waals surface area contributed by atoms with E-state index in [1.807, 2.05) is 6.08 Å². The number of hydrogen-bond acceptors (Lipinski definition) is 8. The number of fused-ring (bicyclic) bond motifs is 4. The Morgan fingerprint density at radius 2 is 1.70 bits per heavy atom. The molecule has 0 spiro atoms. The summed E-state index contributed by atoms with van der Waals surface area (Å²) in [4.78, 5) is 55.7. The van der Waals surface area contributed by atoms with Gasteiger partial charge in [-0.3, -0.25) is 29.8 Å². The normalized spacial score (nSPS) is 28.5. The van der Waals surface area contributed by atoms with E-state index >= 15 is 4.79 Å². The molecule has 6 atom stereocenters. The first-order valence-corrected chi connectivity index (χ1v) is 15.3. The van der Waals surface area contributed by atoms with Crippen LogP contribution in [-0.4, -0.2) is 50.6 Å². The first kappa shape index (κ1) is 29.9. The highest BCUT2D eigenvalue weighted by molar-refractivity contribution is 6.30. The number of rotatable bonds is 6. The third kappa shape index (κ3) is 4.25. The zero-order chi connectivity index (χ0) is 32.5. The van der Waals surface area contributed by atoms with Crippen molar-refractivity contribution >= 4 is 40.9 Å². The number of phenolic OH excluding ortho intramolecular Hbond substituents is 1. The van der Waals surface area contributed by atoms with Crippen LogP contribution in [0.3, 0.4) is 0 Å². The Bertz CT molecular complexity index is 1810. The van der Waals surface area contributed by atoms with Gasteiger partial charge in [0.05, 0.1) is 35.5 Å². The predicted molar refractivity (Wildman–Crippen MR) is 162 cm³/mol. The van der Waals surface area contributed by atoms with Crippen molar-refractivity contribution in [2.45, 2.75) is 31.1 Å². The van der Waals surface area contributed by atoms with Crippen LogP contribution in [0.5, 0.6) is 11.5 Å². The molecule has 10 nitrogen and oxygen atoms in total. The van der Waals surface area contributed by atoms with Crippen LogP contribution in [0.15, 0.2) is 78.4 Å². The molecule has 4 amide bonds. The fourth-order valence-electron chi connectivity index (χ4n) is 7.99. The zero-order valence-corrected chi connectivity index (χ0v) is 25.3. The van der Waals surface area contributed by atoms with Crippen molar-refractivity contribution in [2.75, 3.05) is 12.0 Å². The summed E-state index contributed by atoms with van der Waals surface area (Å²) < 4.78 is 19.4. The number of carbonyl (C=O) groups is 4. The summed E-state index contributed by atoms with van der Waals surface area (Å²) in [5.74, 6) is -7.37. The second-order valence-electron chi connectivity index (χ2n) is 12.0. The number of nitrogens with zero attached hydrogens (tertiary/aromatic N) is 2. The van der Waals surface area contributed by atoms with Crippen LogP contribution < -0.4 is 10.2 Å². The van der Waals surface area contributed by atoms with E-state index in [1.54, 1.807) is 43.3 Å². The smallest absolute Gasteiger partial charge is 0.260 e. The van der Waals surface area contributed by atoms with Gasteiger partial charge in [-0.25, -0.2) is 4.39 Å². The topological polar surface area (TPSA) is 136 Å². The highest BCUT2D eigenvalue weighted by Crippen LogP contribution is 2.64. The Morgan fingerprint density at radius 1 is 0.978 bits per heavy atom. The minimum Gasteiger partial charge on any atom is -0.504 e. The van der Waals surface area contributed by atoms with E-state index in [1.165, 1.54) is 30.3 Å². The number of amides is 4. The number of aromatic hydroxyl groups is 1. The molecule has 0 unspecified atom stereocenters. The fraction of sp³-hybridized carbons (Fsp3) is 0.294. The van der Waals surface area contributed by atoms with Crippen LogP contribution in [0, 0.1) is 29.5 Å². The summed E-state index contributed by atoms with van der Waals surface area (Å²) in [6.45, 7) is 2.01. The van der Waals surface area contributed by atoms with E-state index < -0.39 is 64.5 Å². The first-order valence-electron chi connectivity index (χ1n) is 15.0. The molecule has 7 rings (SSSR count). The van der Waals surface area contributed by atoms with Crippen molar-refractivity contribution < 1.29 is 38.6 Å². The third-order valence-corrected chi connectivity index (χ3v) is 10.1. The maximum absolute atomic E-state index is 15.0. The van der Waals surface area contributed by atoms with E-state index in [2.05, 4.69) is 5.43 Å². The van der Waals surface area contributed by atoms with Gasteiger partial charge in [-0.05, 0) is 85.3 Å². The molecule has 2 aliphatic carbocycles. The van der Waals surface area contributed by atoms with E-state index in [-0.39, 0.29) is 36.0 Å². The Labute approximate surface area is 267 Å². The standard InChI is InChI=1S/C34H29ClFN3O7/c1-2-46-27-15-17(3-14-26(27)40)29-22-12-13-23-28(32(43)39(45)30(23)41)24(22)16-25-31(42)38(37-21-10-8-20(36)9-11-21)33(44)34(25,29)18-4-6-19(35)7-5-18/h3-12,14-15,23-25,28-29,37,40,45H,2,13,16H2,1H3/t23-,24+,25-,28-,29-,34+/m0/s1. The number of ether oxygens (including phenoxy) is 1. The molecular weight excluding hydrogens is 617 g/mol. The van der Waals surface area contributed by atoms with Gasteiger partial charge in [0.2, 0.25) is 0 Å². The number of phenols is 1. The minimum absolute atomic E-state index is 0.0293. The molecule has 3 aromatic rings. The van der Waals surface area contributed by atoms with E-state index in [0.717, 1.165) is 5.01 Å². The summed E-state index contributed by atoms with van der Waals surface area (Å²) in [7, 11) is 0. The lowest BCUT2D eigenvalue weighted by Crippen LogP contribution is -2.53. The fourth-order valence-corrected chi connectivity index (χ4v) is 8.12. The molecule has 2 heterocycles. The number of benzene rings is 3. The average molecular weight is 646 g/mol. The Morgan fingerprint density at radius 3 is 2.39 bits per heavy atom. The van der Waals surface area contributed by atoms with Gasteiger partial charge in [-0.2, -0.15) is 10.1 Å². The molecule has 0 aromatic heterocycles. The number of imide groups is 2. The van der Waals surface area contributed by atoms with E-state index in [4.69, 9.17) is 16.3 Å². The second-order valence-corrected chi connectivity index (χ2v) is 12.5. The van der Waals surface area contributed by atoms with Crippen LogP contribution in [0.1, 0.15) is 36.8 Å². The maximum Gasteiger partial charge on any atom is 0.260 e. The monoisotopic (exact) mass is 645 g/mol. The second kappa shape index (κ2) is 11.0. The molecule has 3 aromatic carbocycles.